The number of hydrogen-bond acceptors (Lipinski definition) is 22. The van der Waals surface area contributed by atoms with Crippen LogP contribution in [0.4, 0.5) is 0 Å². The zero-order valence-corrected chi connectivity index (χ0v) is 27.4. The highest BCUT2D eigenvalue weighted by atomic mass is 16.7. The highest BCUT2D eigenvalue weighted by Gasteiger charge is 2.54. The van der Waals surface area contributed by atoms with E-state index in [9.17, 15) is 85.6 Å². The van der Waals surface area contributed by atoms with Crippen molar-refractivity contribution in [3.8, 4) is 91.2 Å². The Morgan fingerprint density at radius 1 is 0.411 bits per heavy atom. The number of rotatable bonds is 0. The minimum absolute atomic E-state index is 0.459. The average molecular weight is 785 g/mol. The SMILES string of the molecule is O=C1O[C@@H]2[C@@H](OC(=O)c3cc(O)c(O)c(O)c3-c3cc1c(O)c(O)c3O)[C@@H]1OC(=O)c3cc(O)c(O)c(O)c3-c3c(cc(O)c(O)c3O)C(=O)OC[C@H]1O[C@H]2O. The van der Waals surface area contributed by atoms with Gasteiger partial charge >= 0.3 is 23.9 Å². The predicted octanol–water partition coefficient (Wildman–Crippen LogP) is 0.665. The molecule has 4 aromatic rings. The van der Waals surface area contributed by atoms with Gasteiger partial charge in [-0.05, 0) is 24.3 Å². The monoisotopic (exact) mass is 784 g/mol. The Morgan fingerprint density at radius 2 is 0.821 bits per heavy atom. The molecule has 3 aliphatic rings. The Balaban J connectivity index is 1.45. The number of aromatic hydroxyl groups is 12. The van der Waals surface area contributed by atoms with Crippen molar-refractivity contribution in [3.05, 3.63) is 46.5 Å². The lowest BCUT2D eigenvalue weighted by Crippen LogP contribution is -2.62. The second-order valence-electron chi connectivity index (χ2n) is 12.3. The number of hydrogen-bond donors (Lipinski definition) is 13. The lowest BCUT2D eigenvalue weighted by molar-refractivity contribution is -0.284. The summed E-state index contributed by atoms with van der Waals surface area (Å²) in [7, 11) is 0. The van der Waals surface area contributed by atoms with Gasteiger partial charge in [0.25, 0.3) is 0 Å². The summed E-state index contributed by atoms with van der Waals surface area (Å²) in [6.07, 6.45) is -11.3. The minimum atomic E-state index is -2.43. The Morgan fingerprint density at radius 3 is 1.36 bits per heavy atom. The zero-order valence-electron chi connectivity index (χ0n) is 27.4. The Bertz CT molecular complexity index is 2440. The first kappa shape index (κ1) is 36.6. The van der Waals surface area contributed by atoms with Gasteiger partial charge in [0.05, 0.1) is 16.7 Å². The maximum atomic E-state index is 14.1. The lowest BCUT2D eigenvalue weighted by atomic mass is 9.92. The van der Waals surface area contributed by atoms with Gasteiger partial charge in [-0.25, -0.2) is 19.2 Å². The lowest BCUT2D eigenvalue weighted by Gasteiger charge is -2.42. The first-order valence-electron chi connectivity index (χ1n) is 15.6. The Hall–Kier alpha value is -7.72. The van der Waals surface area contributed by atoms with Gasteiger partial charge in [-0.2, -0.15) is 0 Å². The van der Waals surface area contributed by atoms with Crippen LogP contribution in [0.15, 0.2) is 24.3 Å². The fourth-order valence-corrected chi connectivity index (χ4v) is 6.42. The van der Waals surface area contributed by atoms with E-state index in [1.807, 2.05) is 0 Å². The fourth-order valence-electron chi connectivity index (χ4n) is 6.42. The van der Waals surface area contributed by atoms with E-state index in [0.717, 1.165) is 0 Å². The van der Waals surface area contributed by atoms with E-state index >= 15 is 0 Å². The summed E-state index contributed by atoms with van der Waals surface area (Å²) >= 11 is 0. The van der Waals surface area contributed by atoms with Crippen LogP contribution < -0.4 is 0 Å². The quantitative estimate of drug-likeness (QED) is 0.0661. The molecule has 13 N–H and O–H groups in total. The van der Waals surface area contributed by atoms with Crippen LogP contribution in [0.25, 0.3) is 22.3 Å². The van der Waals surface area contributed by atoms with Crippen LogP contribution in [0.5, 0.6) is 69.0 Å². The molecule has 0 aromatic heterocycles. The molecule has 3 heterocycles. The standard InChI is InChI=1S/C34H24O22/c35-11-2-7-15(23(43)20(11)40)6-1-10(19(39)26(46)18(6)38)33(50)56-29-28(55-31(7)48)27-14(53-34(29)51)5-52-30(47)8-3-12(36)21(41)24(44)16(8)17-9(32(49)54-27)4-13(37)22(42)25(17)45/h1-4,14,27-29,34-46,51H,5H2/t14-,27-,28+,29-,34-/m1/s1. The van der Waals surface area contributed by atoms with Crippen molar-refractivity contribution in [2.75, 3.05) is 6.61 Å². The van der Waals surface area contributed by atoms with E-state index in [4.69, 9.17) is 23.7 Å². The molecule has 0 unspecified atom stereocenters. The van der Waals surface area contributed by atoms with Crippen molar-refractivity contribution in [2.24, 2.45) is 0 Å². The van der Waals surface area contributed by atoms with Crippen molar-refractivity contribution in [1.29, 1.82) is 0 Å². The number of phenols is 12. The topological polar surface area (TPSA) is 377 Å². The molecule has 22 heteroatoms. The maximum absolute atomic E-state index is 14.1. The van der Waals surface area contributed by atoms with Crippen molar-refractivity contribution in [2.45, 2.75) is 30.7 Å². The number of fused-ring (bicyclic) bond motifs is 10. The van der Waals surface area contributed by atoms with Crippen LogP contribution in [-0.4, -0.2) is 128 Å². The van der Waals surface area contributed by atoms with E-state index in [2.05, 4.69) is 0 Å². The summed E-state index contributed by atoms with van der Waals surface area (Å²) in [6.45, 7) is -1.10. The summed E-state index contributed by atoms with van der Waals surface area (Å²) < 4.78 is 27.1. The number of aliphatic hydroxyl groups excluding tert-OH is 1. The largest absolute Gasteiger partial charge is 0.504 e. The molecule has 2 bridgehead atoms. The molecule has 0 aliphatic carbocycles. The Kier molecular flexibility index (Phi) is 8.31. The first-order chi connectivity index (χ1) is 26.3. The van der Waals surface area contributed by atoms with Crippen molar-refractivity contribution < 1.29 is 109 Å². The Labute approximate surface area is 308 Å². The molecular weight excluding hydrogens is 760 g/mol. The van der Waals surface area contributed by atoms with Crippen molar-refractivity contribution in [3.63, 3.8) is 0 Å². The van der Waals surface area contributed by atoms with Crippen LogP contribution in [0, 0.1) is 0 Å². The molecule has 1 fully saturated rings. The molecule has 3 aliphatic heterocycles. The van der Waals surface area contributed by atoms with Gasteiger partial charge in [0.15, 0.2) is 70.6 Å². The molecule has 4 aromatic carbocycles. The molecular formula is C34H24O22. The molecule has 0 amide bonds. The molecule has 292 valence electrons. The fraction of sp³-hybridized carbons (Fsp3) is 0.176. The third kappa shape index (κ3) is 5.34. The second kappa shape index (κ2) is 12.7. The summed E-state index contributed by atoms with van der Waals surface area (Å²) in [5.74, 6) is -22.1. The number of ether oxygens (including phenoxy) is 5. The normalized spacial score (nSPS) is 21.8. The van der Waals surface area contributed by atoms with Crippen LogP contribution in [0.1, 0.15) is 41.4 Å². The number of carbonyl (C=O) groups is 4. The summed E-state index contributed by atoms with van der Waals surface area (Å²) in [6, 6.07) is 2.06. The van der Waals surface area contributed by atoms with Gasteiger partial charge in [0.1, 0.15) is 18.3 Å². The third-order valence-corrected chi connectivity index (χ3v) is 9.13. The summed E-state index contributed by atoms with van der Waals surface area (Å²) in [5.41, 5.74) is -7.61. The number of benzene rings is 4. The minimum Gasteiger partial charge on any atom is -0.504 e. The molecule has 22 nitrogen and oxygen atoms in total. The number of aliphatic hydroxyl groups is 1. The van der Waals surface area contributed by atoms with Gasteiger partial charge in [0, 0.05) is 22.3 Å². The van der Waals surface area contributed by atoms with E-state index in [0.29, 0.717) is 24.3 Å². The van der Waals surface area contributed by atoms with E-state index in [-0.39, 0.29) is 0 Å². The van der Waals surface area contributed by atoms with Gasteiger partial charge in [-0.3, -0.25) is 0 Å². The molecule has 7 rings (SSSR count). The zero-order chi connectivity index (χ0) is 40.8. The molecule has 1 saturated heterocycles. The number of carbonyl (C=O) groups excluding carboxylic acids is 4. The van der Waals surface area contributed by atoms with Gasteiger partial charge in [-0.15, -0.1) is 0 Å². The van der Waals surface area contributed by atoms with E-state index in [1.165, 1.54) is 0 Å². The van der Waals surface area contributed by atoms with Gasteiger partial charge in [0.2, 0.25) is 23.0 Å². The molecule has 0 saturated carbocycles. The third-order valence-electron chi connectivity index (χ3n) is 9.13. The van der Waals surface area contributed by atoms with Crippen molar-refractivity contribution in [1.82, 2.24) is 0 Å². The predicted molar refractivity (Wildman–Crippen MR) is 173 cm³/mol. The maximum Gasteiger partial charge on any atom is 0.342 e. The van der Waals surface area contributed by atoms with E-state index in [1.54, 1.807) is 0 Å². The van der Waals surface area contributed by atoms with Crippen molar-refractivity contribution >= 4 is 23.9 Å². The van der Waals surface area contributed by atoms with Crippen LogP contribution in [0.3, 0.4) is 0 Å². The number of cyclic esters (lactones) is 1. The second-order valence-corrected chi connectivity index (χ2v) is 12.3. The highest BCUT2D eigenvalue weighted by molar-refractivity contribution is 6.09. The van der Waals surface area contributed by atoms with Crippen LogP contribution in [0.2, 0.25) is 0 Å². The van der Waals surface area contributed by atoms with Gasteiger partial charge < -0.3 is 90.1 Å². The summed E-state index contributed by atoms with van der Waals surface area (Å²) in [4.78, 5) is 55.1. The molecule has 56 heavy (non-hydrogen) atoms. The summed E-state index contributed by atoms with van der Waals surface area (Å²) in [5, 5.41) is 137. The van der Waals surface area contributed by atoms with E-state index < -0.39 is 175 Å². The average Bonchev–Trinajstić information content (AvgIpc) is 3.17. The first-order valence-corrected chi connectivity index (χ1v) is 15.6. The van der Waals surface area contributed by atoms with Crippen LogP contribution >= 0.6 is 0 Å². The molecule has 0 spiro atoms. The molecule has 0 radical (unpaired) electrons. The van der Waals surface area contributed by atoms with Gasteiger partial charge in [-0.1, -0.05) is 0 Å². The van der Waals surface area contributed by atoms with Crippen LogP contribution in [-0.2, 0) is 23.7 Å². The smallest absolute Gasteiger partial charge is 0.342 e. The highest BCUT2D eigenvalue weighted by Crippen LogP contribution is 2.54. The molecule has 5 atom stereocenters. The number of phenolic OH excluding ortho intramolecular Hbond substituents is 12. The number of esters is 4.